The van der Waals surface area contributed by atoms with E-state index in [4.69, 9.17) is 5.73 Å². The number of carbonyl (C=O) groups excluding carboxylic acids is 1. The molecule has 1 aliphatic rings. The fraction of sp³-hybridized carbons (Fsp3) is 0.889. The second-order valence-electron chi connectivity index (χ2n) is 4.50. The van der Waals surface area contributed by atoms with Crippen molar-refractivity contribution >= 4 is 5.91 Å². The molecule has 0 atom stereocenters. The Labute approximate surface area is 73.9 Å². The van der Waals surface area contributed by atoms with E-state index in [0.717, 1.165) is 13.1 Å². The molecule has 0 spiro atoms. The maximum Gasteiger partial charge on any atom is 0.222 e. The van der Waals surface area contributed by atoms with E-state index in [-0.39, 0.29) is 11.4 Å². The molecule has 3 heteroatoms. The van der Waals surface area contributed by atoms with E-state index in [1.54, 1.807) is 0 Å². The Bertz CT molecular complexity index is 179. The molecule has 1 saturated heterocycles. The molecular weight excluding hydrogens is 152 g/mol. The average molecular weight is 170 g/mol. The summed E-state index contributed by atoms with van der Waals surface area (Å²) < 4.78 is 0. The van der Waals surface area contributed by atoms with E-state index in [9.17, 15) is 4.79 Å². The summed E-state index contributed by atoms with van der Waals surface area (Å²) in [6.45, 7) is 7.53. The Morgan fingerprint density at radius 3 is 2.42 bits per heavy atom. The maximum atomic E-state index is 11.4. The summed E-state index contributed by atoms with van der Waals surface area (Å²) in [5.41, 5.74) is 5.65. The Morgan fingerprint density at radius 1 is 1.58 bits per heavy atom. The van der Waals surface area contributed by atoms with Crippen LogP contribution < -0.4 is 5.73 Å². The second-order valence-corrected chi connectivity index (χ2v) is 4.50. The number of hydrogen-bond donors (Lipinski definition) is 1. The van der Waals surface area contributed by atoms with Crippen molar-refractivity contribution in [1.82, 2.24) is 4.90 Å². The Balaban J connectivity index is 2.29. The minimum absolute atomic E-state index is 0.132. The first-order chi connectivity index (χ1) is 5.41. The third kappa shape index (κ3) is 2.21. The molecule has 12 heavy (non-hydrogen) atoms. The highest BCUT2D eigenvalue weighted by molar-refractivity contribution is 5.77. The average Bonchev–Trinajstić information content (AvgIpc) is 1.80. The summed E-state index contributed by atoms with van der Waals surface area (Å²) in [5, 5.41) is 0. The lowest BCUT2D eigenvalue weighted by Crippen LogP contribution is -2.66. The van der Waals surface area contributed by atoms with Crippen LogP contribution in [0.1, 0.15) is 27.2 Å². The Hall–Kier alpha value is -0.570. The highest BCUT2D eigenvalue weighted by Gasteiger charge is 2.37. The van der Waals surface area contributed by atoms with Gasteiger partial charge in [-0.2, -0.15) is 0 Å². The quantitative estimate of drug-likeness (QED) is 0.659. The van der Waals surface area contributed by atoms with Crippen molar-refractivity contribution in [2.75, 3.05) is 13.1 Å². The fourth-order valence-electron chi connectivity index (χ4n) is 1.48. The van der Waals surface area contributed by atoms with Gasteiger partial charge < -0.3 is 10.6 Å². The summed E-state index contributed by atoms with van der Waals surface area (Å²) >= 11 is 0. The van der Waals surface area contributed by atoms with E-state index in [2.05, 4.69) is 13.8 Å². The van der Waals surface area contributed by atoms with Gasteiger partial charge >= 0.3 is 0 Å². The summed E-state index contributed by atoms with van der Waals surface area (Å²) in [5.74, 6) is 0.690. The van der Waals surface area contributed by atoms with Crippen LogP contribution in [0, 0.1) is 5.92 Å². The lowest BCUT2D eigenvalue weighted by molar-refractivity contribution is -0.138. The van der Waals surface area contributed by atoms with Crippen LogP contribution in [0.4, 0.5) is 0 Å². The number of rotatable bonds is 2. The van der Waals surface area contributed by atoms with Gasteiger partial charge in [0.2, 0.25) is 5.91 Å². The minimum Gasteiger partial charge on any atom is -0.339 e. The van der Waals surface area contributed by atoms with Crippen LogP contribution in [-0.2, 0) is 4.79 Å². The van der Waals surface area contributed by atoms with E-state index in [1.807, 2.05) is 11.8 Å². The van der Waals surface area contributed by atoms with Gasteiger partial charge in [-0.05, 0) is 12.8 Å². The maximum absolute atomic E-state index is 11.4. The molecule has 0 bridgehead atoms. The largest absolute Gasteiger partial charge is 0.339 e. The van der Waals surface area contributed by atoms with Gasteiger partial charge in [0, 0.05) is 25.0 Å². The molecule has 3 nitrogen and oxygen atoms in total. The zero-order chi connectivity index (χ0) is 9.35. The van der Waals surface area contributed by atoms with E-state index >= 15 is 0 Å². The Morgan fingerprint density at radius 2 is 2.08 bits per heavy atom. The topological polar surface area (TPSA) is 46.3 Å². The molecule has 0 radical (unpaired) electrons. The third-order valence-electron chi connectivity index (χ3n) is 2.04. The summed E-state index contributed by atoms with van der Waals surface area (Å²) in [7, 11) is 0. The molecule has 1 fully saturated rings. The highest BCUT2D eigenvalue weighted by Crippen LogP contribution is 2.19. The standard InChI is InChI=1S/C9H18N2O/c1-7(2)4-8(12)11-5-9(3,10)6-11/h7H,4-6,10H2,1-3H3. The molecular formula is C9H18N2O. The van der Waals surface area contributed by atoms with Gasteiger partial charge in [0.1, 0.15) is 0 Å². The summed E-state index contributed by atoms with van der Waals surface area (Å²) in [6, 6.07) is 0. The number of carbonyl (C=O) groups is 1. The molecule has 0 aromatic carbocycles. The van der Waals surface area contributed by atoms with Crippen LogP contribution in [0.3, 0.4) is 0 Å². The van der Waals surface area contributed by atoms with Gasteiger partial charge in [-0.25, -0.2) is 0 Å². The van der Waals surface area contributed by atoms with Crippen molar-refractivity contribution in [3.8, 4) is 0 Å². The van der Waals surface area contributed by atoms with E-state index in [1.165, 1.54) is 0 Å². The highest BCUT2D eigenvalue weighted by atomic mass is 16.2. The van der Waals surface area contributed by atoms with Gasteiger partial charge in [0.05, 0.1) is 0 Å². The van der Waals surface area contributed by atoms with Crippen LogP contribution in [0.2, 0.25) is 0 Å². The molecule has 0 aromatic heterocycles. The first kappa shape index (κ1) is 9.52. The normalized spacial score (nSPS) is 20.9. The van der Waals surface area contributed by atoms with Crippen molar-refractivity contribution in [1.29, 1.82) is 0 Å². The molecule has 1 aliphatic heterocycles. The summed E-state index contributed by atoms with van der Waals surface area (Å²) in [4.78, 5) is 13.2. The number of hydrogen-bond acceptors (Lipinski definition) is 2. The van der Waals surface area contributed by atoms with E-state index in [0.29, 0.717) is 12.3 Å². The molecule has 0 aliphatic carbocycles. The minimum atomic E-state index is -0.132. The predicted molar refractivity (Wildman–Crippen MR) is 48.6 cm³/mol. The predicted octanol–water partition coefficient (Wildman–Crippen LogP) is 0.592. The molecule has 0 unspecified atom stereocenters. The molecule has 1 rings (SSSR count). The van der Waals surface area contributed by atoms with Crippen LogP contribution >= 0.6 is 0 Å². The van der Waals surface area contributed by atoms with Crippen molar-refractivity contribution in [3.63, 3.8) is 0 Å². The zero-order valence-corrected chi connectivity index (χ0v) is 8.13. The molecule has 0 saturated carbocycles. The second kappa shape index (κ2) is 3.05. The monoisotopic (exact) mass is 170 g/mol. The Kier molecular flexibility index (Phi) is 2.42. The first-order valence-electron chi connectivity index (χ1n) is 4.47. The van der Waals surface area contributed by atoms with Crippen molar-refractivity contribution < 1.29 is 4.79 Å². The number of nitrogens with zero attached hydrogens (tertiary/aromatic N) is 1. The van der Waals surface area contributed by atoms with Gasteiger partial charge in [-0.15, -0.1) is 0 Å². The first-order valence-corrected chi connectivity index (χ1v) is 4.47. The van der Waals surface area contributed by atoms with Gasteiger partial charge in [-0.3, -0.25) is 4.79 Å². The molecule has 2 N–H and O–H groups in total. The smallest absolute Gasteiger partial charge is 0.222 e. The molecule has 70 valence electrons. The van der Waals surface area contributed by atoms with Gasteiger partial charge in [0.15, 0.2) is 0 Å². The third-order valence-corrected chi connectivity index (χ3v) is 2.04. The van der Waals surface area contributed by atoms with Gasteiger partial charge in [-0.1, -0.05) is 13.8 Å². The zero-order valence-electron chi connectivity index (χ0n) is 8.13. The number of likely N-dealkylation sites (tertiary alicyclic amines) is 1. The van der Waals surface area contributed by atoms with Crippen molar-refractivity contribution in [3.05, 3.63) is 0 Å². The lowest BCUT2D eigenvalue weighted by Gasteiger charge is -2.45. The number of amides is 1. The van der Waals surface area contributed by atoms with Crippen LogP contribution in [0.15, 0.2) is 0 Å². The van der Waals surface area contributed by atoms with Gasteiger partial charge in [0.25, 0.3) is 0 Å². The molecule has 1 amide bonds. The lowest BCUT2D eigenvalue weighted by atomic mass is 9.93. The molecule has 0 aromatic rings. The van der Waals surface area contributed by atoms with Crippen molar-refractivity contribution in [2.24, 2.45) is 11.7 Å². The molecule has 1 heterocycles. The van der Waals surface area contributed by atoms with Crippen LogP contribution in [-0.4, -0.2) is 29.4 Å². The fourth-order valence-corrected chi connectivity index (χ4v) is 1.48. The van der Waals surface area contributed by atoms with Crippen LogP contribution in [0.5, 0.6) is 0 Å². The van der Waals surface area contributed by atoms with Crippen molar-refractivity contribution in [2.45, 2.75) is 32.7 Å². The SMILES string of the molecule is CC(C)CC(=O)N1CC(C)(N)C1. The summed E-state index contributed by atoms with van der Waals surface area (Å²) in [6.07, 6.45) is 0.649. The van der Waals surface area contributed by atoms with E-state index < -0.39 is 0 Å². The van der Waals surface area contributed by atoms with Crippen LogP contribution in [0.25, 0.3) is 0 Å². The number of nitrogens with two attached hydrogens (primary N) is 1.